The van der Waals surface area contributed by atoms with Crippen molar-refractivity contribution >= 4 is 0 Å². The lowest BCUT2D eigenvalue weighted by molar-refractivity contribution is 0.394. The number of hydrogen-bond donors (Lipinski definition) is 3. The topological polar surface area (TPSA) is 56.2 Å². The summed E-state index contributed by atoms with van der Waals surface area (Å²) < 4.78 is 0. The Hall–Kier alpha value is -1.12. The van der Waals surface area contributed by atoms with Crippen LogP contribution in [0, 0.1) is 13.8 Å². The summed E-state index contributed by atoms with van der Waals surface area (Å²) in [5.74, 6) is -0.197. The van der Waals surface area contributed by atoms with Crippen molar-refractivity contribution in [1.29, 1.82) is 0 Å². The molecule has 3 heteroatoms. The molecular formula is C6H9NO2. The first-order valence-corrected chi connectivity index (χ1v) is 2.70. The molecular weight excluding hydrogens is 118 g/mol. The number of aromatic nitrogens is 1. The Morgan fingerprint density at radius 3 is 1.89 bits per heavy atom. The third-order valence-electron chi connectivity index (χ3n) is 1.45. The van der Waals surface area contributed by atoms with Gasteiger partial charge in [-0.1, -0.05) is 0 Å². The molecule has 3 N–H and O–H groups in total. The second kappa shape index (κ2) is 1.69. The van der Waals surface area contributed by atoms with E-state index in [1.807, 2.05) is 0 Å². The van der Waals surface area contributed by atoms with Gasteiger partial charge in [-0.2, -0.15) is 0 Å². The largest absolute Gasteiger partial charge is 0.503 e. The highest BCUT2D eigenvalue weighted by Gasteiger charge is 2.07. The van der Waals surface area contributed by atoms with E-state index in [9.17, 15) is 0 Å². The highest BCUT2D eigenvalue weighted by Crippen LogP contribution is 2.29. The number of nitrogens with one attached hydrogen (secondary N) is 1. The summed E-state index contributed by atoms with van der Waals surface area (Å²) >= 11 is 0. The van der Waals surface area contributed by atoms with E-state index >= 15 is 0 Å². The molecule has 0 aliphatic carbocycles. The van der Waals surface area contributed by atoms with E-state index in [1.165, 1.54) is 0 Å². The van der Waals surface area contributed by atoms with Crippen molar-refractivity contribution in [2.45, 2.75) is 13.8 Å². The van der Waals surface area contributed by atoms with Crippen LogP contribution >= 0.6 is 0 Å². The number of aryl methyl sites for hydroxylation is 1. The molecule has 1 aromatic heterocycles. The maximum Gasteiger partial charge on any atom is 0.232 e. The van der Waals surface area contributed by atoms with Gasteiger partial charge in [0.1, 0.15) is 0 Å². The maximum absolute atomic E-state index is 8.95. The second-order valence-corrected chi connectivity index (χ2v) is 2.07. The summed E-state index contributed by atoms with van der Waals surface area (Å²) in [7, 11) is 0. The lowest BCUT2D eigenvalue weighted by Gasteiger charge is -1.86. The highest BCUT2D eigenvalue weighted by atomic mass is 16.3. The van der Waals surface area contributed by atoms with Crippen LogP contribution in [0.25, 0.3) is 0 Å². The maximum atomic E-state index is 8.95. The minimum atomic E-state index is -0.148. The molecule has 1 rings (SSSR count). The van der Waals surface area contributed by atoms with Crippen molar-refractivity contribution in [1.82, 2.24) is 4.98 Å². The zero-order valence-corrected chi connectivity index (χ0v) is 5.39. The SMILES string of the molecule is Cc1[nH]c(O)c(O)c1C. The molecule has 0 unspecified atom stereocenters. The third-order valence-corrected chi connectivity index (χ3v) is 1.45. The smallest absolute Gasteiger partial charge is 0.232 e. The molecule has 0 fully saturated rings. The van der Waals surface area contributed by atoms with Gasteiger partial charge >= 0.3 is 0 Å². The summed E-state index contributed by atoms with van der Waals surface area (Å²) in [6, 6.07) is 0. The van der Waals surface area contributed by atoms with Crippen molar-refractivity contribution in [3.8, 4) is 11.6 Å². The fourth-order valence-electron chi connectivity index (χ4n) is 0.686. The number of rotatable bonds is 0. The van der Waals surface area contributed by atoms with E-state index in [0.717, 1.165) is 5.69 Å². The fraction of sp³-hybridized carbons (Fsp3) is 0.333. The average molecular weight is 127 g/mol. The summed E-state index contributed by atoms with van der Waals surface area (Å²) in [5, 5.41) is 17.8. The van der Waals surface area contributed by atoms with Crippen molar-refractivity contribution in [2.75, 3.05) is 0 Å². The molecule has 1 aromatic rings. The van der Waals surface area contributed by atoms with Gasteiger partial charge in [0.25, 0.3) is 0 Å². The molecule has 0 bridgehead atoms. The Balaban J connectivity index is 3.29. The molecule has 1 heterocycles. The predicted octanol–water partition coefficient (Wildman–Crippen LogP) is 1.04. The van der Waals surface area contributed by atoms with Gasteiger partial charge in [-0.05, 0) is 13.8 Å². The van der Waals surface area contributed by atoms with Crippen LogP contribution in [0.5, 0.6) is 11.6 Å². The molecule has 9 heavy (non-hydrogen) atoms. The Labute approximate surface area is 53.0 Å². The predicted molar refractivity (Wildman–Crippen MR) is 33.6 cm³/mol. The Kier molecular flexibility index (Phi) is 1.12. The van der Waals surface area contributed by atoms with Gasteiger partial charge in [-0.3, -0.25) is 0 Å². The molecule has 0 aliphatic rings. The number of aromatic hydroxyl groups is 2. The number of H-pyrrole nitrogens is 1. The molecule has 0 saturated carbocycles. The summed E-state index contributed by atoms with van der Waals surface area (Å²) in [6.45, 7) is 3.52. The van der Waals surface area contributed by atoms with Crippen LogP contribution in [0.2, 0.25) is 0 Å². The monoisotopic (exact) mass is 127 g/mol. The molecule has 0 aliphatic heterocycles. The first kappa shape index (κ1) is 6.01. The average Bonchev–Trinajstić information content (AvgIpc) is 1.98. The van der Waals surface area contributed by atoms with Gasteiger partial charge < -0.3 is 15.2 Å². The number of aromatic amines is 1. The van der Waals surface area contributed by atoms with Gasteiger partial charge in [-0.15, -0.1) is 0 Å². The van der Waals surface area contributed by atoms with Gasteiger partial charge in [0.2, 0.25) is 5.88 Å². The van der Waals surface area contributed by atoms with E-state index < -0.39 is 0 Å². The quantitative estimate of drug-likeness (QED) is 0.487. The van der Waals surface area contributed by atoms with Crippen molar-refractivity contribution in [3.63, 3.8) is 0 Å². The van der Waals surface area contributed by atoms with Gasteiger partial charge in [0.05, 0.1) is 0 Å². The van der Waals surface area contributed by atoms with Crippen LogP contribution in [0.4, 0.5) is 0 Å². The van der Waals surface area contributed by atoms with Crippen LogP contribution in [0.3, 0.4) is 0 Å². The molecule has 0 saturated heterocycles. The Bertz CT molecular complexity index is 205. The first-order chi connectivity index (χ1) is 4.13. The standard InChI is InChI=1S/C6H9NO2/c1-3-4(2)7-6(9)5(3)8/h7-9H,1-2H3. The van der Waals surface area contributed by atoms with E-state index in [4.69, 9.17) is 10.2 Å². The van der Waals surface area contributed by atoms with Crippen molar-refractivity contribution in [2.24, 2.45) is 0 Å². The third kappa shape index (κ3) is 0.740. The van der Waals surface area contributed by atoms with Gasteiger partial charge in [0, 0.05) is 11.3 Å². The second-order valence-electron chi connectivity index (χ2n) is 2.07. The molecule has 0 aromatic carbocycles. The van der Waals surface area contributed by atoms with Crippen molar-refractivity contribution < 1.29 is 10.2 Å². The molecule has 3 nitrogen and oxygen atoms in total. The zero-order chi connectivity index (χ0) is 7.02. The molecule has 0 radical (unpaired) electrons. The van der Waals surface area contributed by atoms with Gasteiger partial charge in [-0.25, -0.2) is 0 Å². The lowest BCUT2D eigenvalue weighted by Crippen LogP contribution is -1.70. The van der Waals surface area contributed by atoms with E-state index in [2.05, 4.69) is 4.98 Å². The minimum absolute atomic E-state index is 0.0486. The van der Waals surface area contributed by atoms with Crippen LogP contribution in [-0.4, -0.2) is 15.2 Å². The van der Waals surface area contributed by atoms with Crippen LogP contribution < -0.4 is 0 Å². The van der Waals surface area contributed by atoms with Gasteiger partial charge in [0.15, 0.2) is 5.75 Å². The molecule has 50 valence electrons. The van der Waals surface area contributed by atoms with E-state index in [0.29, 0.717) is 5.56 Å². The molecule has 0 atom stereocenters. The lowest BCUT2D eigenvalue weighted by atomic mass is 10.3. The normalized spacial score (nSPS) is 10.0. The number of hydrogen-bond acceptors (Lipinski definition) is 2. The fourth-order valence-corrected chi connectivity index (χ4v) is 0.686. The van der Waals surface area contributed by atoms with E-state index in [-0.39, 0.29) is 11.6 Å². The Morgan fingerprint density at radius 2 is 1.78 bits per heavy atom. The van der Waals surface area contributed by atoms with Crippen LogP contribution in [0.1, 0.15) is 11.3 Å². The summed E-state index contributed by atoms with van der Waals surface area (Å²) in [5.41, 5.74) is 1.50. The molecule has 0 amide bonds. The molecule has 0 spiro atoms. The zero-order valence-electron chi connectivity index (χ0n) is 5.39. The summed E-state index contributed by atoms with van der Waals surface area (Å²) in [4.78, 5) is 2.58. The highest BCUT2D eigenvalue weighted by molar-refractivity contribution is 5.43. The van der Waals surface area contributed by atoms with Crippen LogP contribution in [0.15, 0.2) is 0 Å². The van der Waals surface area contributed by atoms with Crippen molar-refractivity contribution in [3.05, 3.63) is 11.3 Å². The van der Waals surface area contributed by atoms with E-state index in [1.54, 1.807) is 13.8 Å². The Morgan fingerprint density at radius 1 is 1.22 bits per heavy atom. The minimum Gasteiger partial charge on any atom is -0.503 e. The summed E-state index contributed by atoms with van der Waals surface area (Å²) in [6.07, 6.45) is 0. The van der Waals surface area contributed by atoms with Crippen LogP contribution in [-0.2, 0) is 0 Å². The first-order valence-electron chi connectivity index (χ1n) is 2.70.